The Bertz CT molecular complexity index is 291. The average Bonchev–Trinajstić information content (AvgIpc) is 2.02. The van der Waals surface area contributed by atoms with Gasteiger partial charge in [-0.05, 0) is 0 Å². The van der Waals surface area contributed by atoms with Gasteiger partial charge in [-0.25, -0.2) is 4.39 Å². The molecule has 66 valence electrons. The van der Waals surface area contributed by atoms with Crippen LogP contribution in [0.2, 0.25) is 5.02 Å². The van der Waals surface area contributed by atoms with Gasteiger partial charge in [-0.3, -0.25) is 0 Å². The van der Waals surface area contributed by atoms with Crippen LogP contribution in [0, 0.1) is 5.82 Å². The number of ether oxygens (including phenoxy) is 1. The van der Waals surface area contributed by atoms with Crippen LogP contribution in [0.1, 0.15) is 0 Å². The summed E-state index contributed by atoms with van der Waals surface area (Å²) in [6.07, 6.45) is 0. The second kappa shape index (κ2) is 3.06. The largest absolute Gasteiger partial charge is 0.503 e. The highest BCUT2D eigenvalue weighted by Crippen LogP contribution is 2.40. The number of benzene rings is 1. The highest BCUT2D eigenvalue weighted by atomic mass is 35.5. The molecular weight excluding hydrogens is 185 g/mol. The van der Waals surface area contributed by atoms with Gasteiger partial charge >= 0.3 is 0 Å². The number of anilines is 1. The third-order valence-electron chi connectivity index (χ3n) is 1.38. The zero-order chi connectivity index (χ0) is 9.30. The Morgan fingerprint density at radius 3 is 2.75 bits per heavy atom. The molecule has 1 aromatic rings. The van der Waals surface area contributed by atoms with Gasteiger partial charge in [0.25, 0.3) is 0 Å². The van der Waals surface area contributed by atoms with Gasteiger partial charge < -0.3 is 15.6 Å². The fraction of sp³-hybridized carbons (Fsp3) is 0.143. The number of nitrogens with two attached hydrogens (primary N) is 1. The lowest BCUT2D eigenvalue weighted by atomic mass is 10.2. The molecule has 0 fully saturated rings. The summed E-state index contributed by atoms with van der Waals surface area (Å²) in [7, 11) is 1.26. The molecule has 3 N–H and O–H groups in total. The van der Waals surface area contributed by atoms with Crippen LogP contribution in [0.15, 0.2) is 6.07 Å². The first-order chi connectivity index (χ1) is 5.57. The summed E-state index contributed by atoms with van der Waals surface area (Å²) in [5.41, 5.74) is 5.13. The van der Waals surface area contributed by atoms with E-state index in [4.69, 9.17) is 17.3 Å². The number of halogens is 2. The smallest absolute Gasteiger partial charge is 0.184 e. The Labute approximate surface area is 73.5 Å². The van der Waals surface area contributed by atoms with E-state index in [0.29, 0.717) is 0 Å². The fourth-order valence-corrected chi connectivity index (χ4v) is 1.02. The number of methoxy groups -OCH3 is 1. The number of rotatable bonds is 1. The standard InChI is InChI=1S/C7H7ClFNO2/c1-12-7-5(8)3(9)2-4(10)6(7)11/h2,11H,10H2,1H3. The van der Waals surface area contributed by atoms with Gasteiger partial charge in [-0.15, -0.1) is 0 Å². The molecule has 0 aliphatic rings. The molecule has 0 spiro atoms. The molecular formula is C7H7ClFNO2. The molecule has 0 bridgehead atoms. The predicted molar refractivity (Wildman–Crippen MR) is 44.0 cm³/mol. The Morgan fingerprint density at radius 1 is 1.67 bits per heavy atom. The summed E-state index contributed by atoms with van der Waals surface area (Å²) in [6.45, 7) is 0. The van der Waals surface area contributed by atoms with Crippen LogP contribution in [0.3, 0.4) is 0 Å². The number of aromatic hydroxyl groups is 1. The second-order valence-electron chi connectivity index (χ2n) is 2.14. The second-order valence-corrected chi connectivity index (χ2v) is 2.52. The van der Waals surface area contributed by atoms with E-state index in [2.05, 4.69) is 4.74 Å². The van der Waals surface area contributed by atoms with Crippen LogP contribution < -0.4 is 10.5 Å². The normalized spacial score (nSPS) is 9.92. The predicted octanol–water partition coefficient (Wildman–Crippen LogP) is 1.78. The Kier molecular flexibility index (Phi) is 2.28. The molecule has 0 unspecified atom stereocenters. The average molecular weight is 192 g/mol. The molecule has 1 rings (SSSR count). The van der Waals surface area contributed by atoms with Crippen molar-refractivity contribution < 1.29 is 14.2 Å². The van der Waals surface area contributed by atoms with Crippen LogP contribution in [0.5, 0.6) is 11.5 Å². The molecule has 12 heavy (non-hydrogen) atoms. The first kappa shape index (κ1) is 8.93. The van der Waals surface area contributed by atoms with Gasteiger partial charge in [-0.1, -0.05) is 11.6 Å². The lowest BCUT2D eigenvalue weighted by molar-refractivity contribution is 0.372. The van der Waals surface area contributed by atoms with E-state index in [9.17, 15) is 9.50 Å². The van der Waals surface area contributed by atoms with Gasteiger partial charge in [0.1, 0.15) is 10.8 Å². The Balaban J connectivity index is 3.42. The molecule has 5 heteroatoms. The summed E-state index contributed by atoms with van der Waals surface area (Å²) in [5, 5.41) is 8.93. The van der Waals surface area contributed by atoms with Crippen molar-refractivity contribution in [2.24, 2.45) is 0 Å². The number of hydrogen-bond acceptors (Lipinski definition) is 3. The van der Waals surface area contributed by atoms with E-state index >= 15 is 0 Å². The summed E-state index contributed by atoms with van der Waals surface area (Å²) in [5.74, 6) is -1.21. The molecule has 0 saturated heterocycles. The van der Waals surface area contributed by atoms with Crippen molar-refractivity contribution >= 4 is 17.3 Å². The summed E-state index contributed by atoms with van der Waals surface area (Å²) < 4.78 is 17.4. The first-order valence-electron chi connectivity index (χ1n) is 3.08. The topological polar surface area (TPSA) is 55.5 Å². The highest BCUT2D eigenvalue weighted by Gasteiger charge is 2.15. The van der Waals surface area contributed by atoms with Gasteiger partial charge in [0.2, 0.25) is 0 Å². The maximum absolute atomic E-state index is 12.8. The zero-order valence-electron chi connectivity index (χ0n) is 6.27. The van der Waals surface area contributed by atoms with E-state index in [1.165, 1.54) is 7.11 Å². The number of hydrogen-bond donors (Lipinski definition) is 2. The van der Waals surface area contributed by atoms with Gasteiger partial charge in [0.05, 0.1) is 12.8 Å². The minimum Gasteiger partial charge on any atom is -0.503 e. The van der Waals surface area contributed by atoms with E-state index in [1.807, 2.05) is 0 Å². The summed E-state index contributed by atoms with van der Waals surface area (Å²) in [6, 6.07) is 0.931. The summed E-state index contributed by atoms with van der Waals surface area (Å²) in [4.78, 5) is 0. The van der Waals surface area contributed by atoms with E-state index in [-0.39, 0.29) is 22.2 Å². The van der Waals surface area contributed by atoms with Gasteiger partial charge in [-0.2, -0.15) is 0 Å². The van der Waals surface area contributed by atoms with E-state index < -0.39 is 5.82 Å². The van der Waals surface area contributed by atoms with Crippen molar-refractivity contribution in [2.45, 2.75) is 0 Å². The fourth-order valence-electron chi connectivity index (χ4n) is 0.798. The van der Waals surface area contributed by atoms with Crippen molar-refractivity contribution in [1.82, 2.24) is 0 Å². The minimum absolute atomic E-state index is 0.103. The zero-order valence-corrected chi connectivity index (χ0v) is 7.02. The first-order valence-corrected chi connectivity index (χ1v) is 3.46. The molecule has 0 aromatic heterocycles. The molecule has 0 aliphatic heterocycles. The van der Waals surface area contributed by atoms with Crippen molar-refractivity contribution in [2.75, 3.05) is 12.8 Å². The van der Waals surface area contributed by atoms with Crippen molar-refractivity contribution in [1.29, 1.82) is 0 Å². The molecule has 0 saturated carbocycles. The van der Waals surface area contributed by atoms with Crippen LogP contribution >= 0.6 is 11.6 Å². The van der Waals surface area contributed by atoms with Gasteiger partial charge in [0, 0.05) is 6.07 Å². The molecule has 3 nitrogen and oxygen atoms in total. The monoisotopic (exact) mass is 191 g/mol. The third-order valence-corrected chi connectivity index (χ3v) is 1.74. The number of phenols is 1. The maximum Gasteiger partial charge on any atom is 0.184 e. The van der Waals surface area contributed by atoms with Crippen molar-refractivity contribution in [3.8, 4) is 11.5 Å². The van der Waals surface area contributed by atoms with Crippen LogP contribution in [0.25, 0.3) is 0 Å². The molecule has 1 aromatic carbocycles. The van der Waals surface area contributed by atoms with Crippen LogP contribution in [-0.4, -0.2) is 12.2 Å². The van der Waals surface area contributed by atoms with Crippen molar-refractivity contribution in [3.05, 3.63) is 16.9 Å². The van der Waals surface area contributed by atoms with Crippen molar-refractivity contribution in [3.63, 3.8) is 0 Å². The maximum atomic E-state index is 12.8. The molecule has 0 atom stereocenters. The highest BCUT2D eigenvalue weighted by molar-refractivity contribution is 6.32. The van der Waals surface area contributed by atoms with Crippen LogP contribution in [-0.2, 0) is 0 Å². The molecule has 0 amide bonds. The lowest BCUT2D eigenvalue weighted by Crippen LogP contribution is -1.93. The molecule has 0 aliphatic carbocycles. The quantitative estimate of drug-likeness (QED) is 0.526. The Morgan fingerprint density at radius 2 is 2.25 bits per heavy atom. The van der Waals surface area contributed by atoms with E-state index in [0.717, 1.165) is 6.07 Å². The van der Waals surface area contributed by atoms with E-state index in [1.54, 1.807) is 0 Å². The van der Waals surface area contributed by atoms with Crippen LogP contribution in [0.4, 0.5) is 10.1 Å². The summed E-state index contributed by atoms with van der Waals surface area (Å²) >= 11 is 5.46. The minimum atomic E-state index is -0.719. The molecule has 0 radical (unpaired) electrons. The molecule has 0 heterocycles. The lowest BCUT2D eigenvalue weighted by Gasteiger charge is -2.07. The Hall–Kier alpha value is -1.16. The third kappa shape index (κ3) is 1.25. The number of phenolic OH excluding ortho intramolecular Hbond substituents is 1. The van der Waals surface area contributed by atoms with Gasteiger partial charge in [0.15, 0.2) is 11.5 Å². The SMILES string of the molecule is COc1c(O)c(N)cc(F)c1Cl. The number of nitrogen functional groups attached to an aromatic ring is 1.